The molecule has 2 atom stereocenters. The average molecular weight is 250 g/mol. The standard InChI is InChI=1S/C14H26N4/c1-5-7-15-13-6-8-18(9-11(13)2)14-10-17(4)16-12(14)3/h10-11,13,15H,5-9H2,1-4H3. The van der Waals surface area contributed by atoms with Crippen molar-refractivity contribution in [3.05, 3.63) is 11.9 Å². The van der Waals surface area contributed by atoms with Crippen molar-refractivity contribution in [1.82, 2.24) is 15.1 Å². The fraction of sp³-hybridized carbons (Fsp3) is 0.786. The zero-order chi connectivity index (χ0) is 13.1. The maximum atomic E-state index is 4.44. The highest BCUT2D eigenvalue weighted by atomic mass is 15.3. The number of nitrogens with zero attached hydrogens (tertiary/aromatic N) is 3. The van der Waals surface area contributed by atoms with E-state index in [0.717, 1.165) is 25.3 Å². The van der Waals surface area contributed by atoms with Gasteiger partial charge in [-0.1, -0.05) is 13.8 Å². The molecule has 2 heterocycles. The number of hydrogen-bond acceptors (Lipinski definition) is 3. The summed E-state index contributed by atoms with van der Waals surface area (Å²) in [5, 5.41) is 8.10. The third-order valence-electron chi connectivity index (χ3n) is 3.89. The van der Waals surface area contributed by atoms with Crippen LogP contribution in [-0.2, 0) is 7.05 Å². The third kappa shape index (κ3) is 2.86. The van der Waals surface area contributed by atoms with Crippen molar-refractivity contribution in [3.63, 3.8) is 0 Å². The Bertz CT molecular complexity index is 385. The molecule has 0 aliphatic carbocycles. The zero-order valence-corrected chi connectivity index (χ0v) is 12.1. The van der Waals surface area contributed by atoms with Crippen LogP contribution in [0.2, 0.25) is 0 Å². The Morgan fingerprint density at radius 2 is 2.28 bits per heavy atom. The summed E-state index contributed by atoms with van der Waals surface area (Å²) in [5.74, 6) is 0.699. The van der Waals surface area contributed by atoms with Crippen LogP contribution in [0.3, 0.4) is 0 Å². The molecule has 1 aromatic heterocycles. The van der Waals surface area contributed by atoms with Crippen molar-refractivity contribution < 1.29 is 0 Å². The van der Waals surface area contributed by atoms with Crippen LogP contribution in [0.15, 0.2) is 6.20 Å². The number of aromatic nitrogens is 2. The maximum Gasteiger partial charge on any atom is 0.0827 e. The fourth-order valence-electron chi connectivity index (χ4n) is 2.89. The van der Waals surface area contributed by atoms with Gasteiger partial charge in [-0.3, -0.25) is 4.68 Å². The smallest absolute Gasteiger partial charge is 0.0827 e. The van der Waals surface area contributed by atoms with Crippen LogP contribution < -0.4 is 10.2 Å². The molecule has 1 aliphatic heterocycles. The normalized spacial score (nSPS) is 24.6. The van der Waals surface area contributed by atoms with Crippen LogP contribution in [0.5, 0.6) is 0 Å². The Hall–Kier alpha value is -1.03. The first-order valence-electron chi connectivity index (χ1n) is 7.10. The predicted molar refractivity (Wildman–Crippen MR) is 76.0 cm³/mol. The topological polar surface area (TPSA) is 33.1 Å². The zero-order valence-electron chi connectivity index (χ0n) is 12.1. The monoisotopic (exact) mass is 250 g/mol. The minimum absolute atomic E-state index is 0.679. The molecule has 1 saturated heterocycles. The number of rotatable bonds is 4. The van der Waals surface area contributed by atoms with Crippen LogP contribution in [0.4, 0.5) is 5.69 Å². The van der Waals surface area contributed by atoms with Crippen molar-refractivity contribution in [2.45, 2.75) is 39.7 Å². The summed E-state index contributed by atoms with van der Waals surface area (Å²) < 4.78 is 1.91. The molecule has 1 aromatic rings. The van der Waals surface area contributed by atoms with E-state index in [1.54, 1.807) is 0 Å². The van der Waals surface area contributed by atoms with Gasteiger partial charge in [0.15, 0.2) is 0 Å². The summed E-state index contributed by atoms with van der Waals surface area (Å²) in [6.45, 7) is 10.1. The molecule has 0 spiro atoms. The molecule has 2 rings (SSSR count). The molecule has 2 unspecified atom stereocenters. The first-order valence-corrected chi connectivity index (χ1v) is 7.10. The lowest BCUT2D eigenvalue weighted by Gasteiger charge is -2.38. The second kappa shape index (κ2) is 5.74. The Kier molecular flexibility index (Phi) is 4.27. The van der Waals surface area contributed by atoms with Crippen molar-refractivity contribution in [3.8, 4) is 0 Å². The van der Waals surface area contributed by atoms with E-state index >= 15 is 0 Å². The van der Waals surface area contributed by atoms with Gasteiger partial charge in [-0.2, -0.15) is 5.10 Å². The van der Waals surface area contributed by atoms with Crippen LogP contribution in [0.1, 0.15) is 32.4 Å². The predicted octanol–water partition coefficient (Wildman–Crippen LogP) is 1.94. The first kappa shape index (κ1) is 13.4. The van der Waals surface area contributed by atoms with Gasteiger partial charge in [0.2, 0.25) is 0 Å². The minimum atomic E-state index is 0.679. The highest BCUT2D eigenvalue weighted by Crippen LogP contribution is 2.25. The van der Waals surface area contributed by atoms with Crippen LogP contribution in [0.25, 0.3) is 0 Å². The van der Waals surface area contributed by atoms with E-state index in [9.17, 15) is 0 Å². The van der Waals surface area contributed by atoms with Gasteiger partial charge >= 0.3 is 0 Å². The van der Waals surface area contributed by atoms with Crippen LogP contribution in [-0.4, -0.2) is 35.5 Å². The van der Waals surface area contributed by atoms with Gasteiger partial charge in [-0.25, -0.2) is 0 Å². The molecular formula is C14H26N4. The van der Waals surface area contributed by atoms with Gasteiger partial charge in [0.1, 0.15) is 0 Å². The third-order valence-corrected chi connectivity index (χ3v) is 3.89. The van der Waals surface area contributed by atoms with Crippen molar-refractivity contribution in [1.29, 1.82) is 0 Å². The molecule has 4 nitrogen and oxygen atoms in total. The first-order chi connectivity index (χ1) is 8.61. The number of nitrogens with one attached hydrogen (secondary N) is 1. The number of piperidine rings is 1. The molecule has 0 amide bonds. The molecule has 18 heavy (non-hydrogen) atoms. The largest absolute Gasteiger partial charge is 0.368 e. The van der Waals surface area contributed by atoms with E-state index < -0.39 is 0 Å². The SMILES string of the molecule is CCCNC1CCN(c2cn(C)nc2C)CC1C. The summed E-state index contributed by atoms with van der Waals surface area (Å²) in [6, 6.07) is 0.679. The summed E-state index contributed by atoms with van der Waals surface area (Å²) in [7, 11) is 2.00. The van der Waals surface area contributed by atoms with Gasteiger partial charge in [-0.05, 0) is 32.2 Å². The van der Waals surface area contributed by atoms with E-state index in [1.165, 1.54) is 18.5 Å². The van der Waals surface area contributed by atoms with E-state index in [0.29, 0.717) is 12.0 Å². The van der Waals surface area contributed by atoms with Crippen LogP contribution >= 0.6 is 0 Å². The van der Waals surface area contributed by atoms with E-state index in [1.807, 2.05) is 11.7 Å². The van der Waals surface area contributed by atoms with Crippen molar-refractivity contribution >= 4 is 5.69 Å². The molecule has 1 fully saturated rings. The van der Waals surface area contributed by atoms with Gasteiger partial charge in [0, 0.05) is 32.4 Å². The van der Waals surface area contributed by atoms with Crippen LogP contribution in [0, 0.1) is 12.8 Å². The van der Waals surface area contributed by atoms with E-state index in [2.05, 4.69) is 42.3 Å². The highest BCUT2D eigenvalue weighted by molar-refractivity contribution is 5.49. The molecule has 0 aromatic carbocycles. The molecule has 1 N–H and O–H groups in total. The second-order valence-corrected chi connectivity index (χ2v) is 5.55. The van der Waals surface area contributed by atoms with Crippen molar-refractivity contribution in [2.75, 3.05) is 24.5 Å². The second-order valence-electron chi connectivity index (χ2n) is 5.55. The Labute approximate surface area is 110 Å². The lowest BCUT2D eigenvalue weighted by molar-refractivity contribution is 0.322. The highest BCUT2D eigenvalue weighted by Gasteiger charge is 2.26. The van der Waals surface area contributed by atoms with E-state index in [-0.39, 0.29) is 0 Å². The molecular weight excluding hydrogens is 224 g/mol. The lowest BCUT2D eigenvalue weighted by Crippen LogP contribution is -2.48. The Morgan fingerprint density at radius 3 is 2.83 bits per heavy atom. The molecule has 0 saturated carbocycles. The molecule has 1 aliphatic rings. The van der Waals surface area contributed by atoms with E-state index in [4.69, 9.17) is 0 Å². The quantitative estimate of drug-likeness (QED) is 0.886. The molecule has 0 radical (unpaired) electrons. The Balaban J connectivity index is 1.97. The molecule has 0 bridgehead atoms. The summed E-state index contributed by atoms with van der Waals surface area (Å²) in [4.78, 5) is 2.48. The maximum absolute atomic E-state index is 4.44. The summed E-state index contributed by atoms with van der Waals surface area (Å²) in [5.41, 5.74) is 2.45. The van der Waals surface area contributed by atoms with Gasteiger partial charge in [0.25, 0.3) is 0 Å². The van der Waals surface area contributed by atoms with Gasteiger partial charge in [-0.15, -0.1) is 0 Å². The number of hydrogen-bond donors (Lipinski definition) is 1. The minimum Gasteiger partial charge on any atom is -0.368 e. The molecule has 4 heteroatoms. The lowest BCUT2D eigenvalue weighted by atomic mass is 9.93. The summed E-state index contributed by atoms with van der Waals surface area (Å²) in [6.07, 6.45) is 4.59. The average Bonchev–Trinajstić information content (AvgIpc) is 2.67. The fourth-order valence-corrected chi connectivity index (χ4v) is 2.89. The number of aryl methyl sites for hydroxylation is 2. The Morgan fingerprint density at radius 1 is 1.50 bits per heavy atom. The van der Waals surface area contributed by atoms with Gasteiger partial charge < -0.3 is 10.2 Å². The summed E-state index contributed by atoms with van der Waals surface area (Å²) >= 11 is 0. The number of anilines is 1. The van der Waals surface area contributed by atoms with Crippen molar-refractivity contribution in [2.24, 2.45) is 13.0 Å². The van der Waals surface area contributed by atoms with Gasteiger partial charge in [0.05, 0.1) is 11.4 Å². The molecule has 102 valence electrons.